The number of aliphatic hydroxyl groups excluding tert-OH is 1. The van der Waals surface area contributed by atoms with E-state index >= 15 is 0 Å². The van der Waals surface area contributed by atoms with E-state index in [2.05, 4.69) is 5.32 Å². The van der Waals surface area contributed by atoms with E-state index in [1.807, 2.05) is 13.8 Å². The third-order valence-corrected chi connectivity index (χ3v) is 5.32. The van der Waals surface area contributed by atoms with Gasteiger partial charge in [0.1, 0.15) is 6.54 Å². The number of hydrogen-bond donors (Lipinski definition) is 4. The Balaban J connectivity index is 2.02. The first-order chi connectivity index (χ1) is 10.2. The summed E-state index contributed by atoms with van der Waals surface area (Å²) in [6.07, 6.45) is 1.30. The van der Waals surface area contributed by atoms with Crippen LogP contribution in [-0.4, -0.2) is 73.1 Å². The van der Waals surface area contributed by atoms with Crippen molar-refractivity contribution in [2.45, 2.75) is 75.5 Å². The van der Waals surface area contributed by atoms with Gasteiger partial charge < -0.3 is 25.2 Å². The van der Waals surface area contributed by atoms with E-state index in [9.17, 15) is 15.0 Å². The summed E-state index contributed by atoms with van der Waals surface area (Å²) in [5.74, 6) is -1.26. The van der Waals surface area contributed by atoms with Gasteiger partial charge in [-0.3, -0.25) is 4.79 Å². The molecule has 6 nitrogen and oxygen atoms in total. The van der Waals surface area contributed by atoms with E-state index in [0.29, 0.717) is 6.54 Å². The summed E-state index contributed by atoms with van der Waals surface area (Å²) in [5.41, 5.74) is -0.215. The maximum atomic E-state index is 12.0. The fraction of sp³-hybridized carbons (Fsp3) is 0.933. The third-order valence-electron chi connectivity index (χ3n) is 5.32. The summed E-state index contributed by atoms with van der Waals surface area (Å²) >= 11 is 0. The van der Waals surface area contributed by atoms with Crippen molar-refractivity contribution in [1.29, 1.82) is 0 Å². The fourth-order valence-electron chi connectivity index (χ4n) is 3.63. The lowest BCUT2D eigenvalue weighted by atomic mass is 9.96. The highest BCUT2D eigenvalue weighted by Crippen LogP contribution is 2.39. The number of ether oxygens (including phenoxy) is 1. The van der Waals surface area contributed by atoms with Gasteiger partial charge in [-0.15, -0.1) is 0 Å². The Morgan fingerprint density at radius 1 is 1.64 bits per heavy atom. The monoisotopic (exact) mass is 311 g/mol. The molecule has 22 heavy (non-hydrogen) atoms. The molecule has 124 valence electrons. The number of rotatable bonds is 9. The van der Waals surface area contributed by atoms with Crippen molar-refractivity contribution >= 4 is 13.6 Å². The van der Waals surface area contributed by atoms with Crippen LogP contribution in [0.4, 0.5) is 0 Å². The average molecular weight is 311 g/mol. The number of aliphatic hydroxyl groups is 2. The number of methoxy groups -OCH3 is 1. The molecule has 1 aliphatic heterocycles. The summed E-state index contributed by atoms with van der Waals surface area (Å²) in [4.78, 5) is 13.0. The van der Waals surface area contributed by atoms with E-state index in [-0.39, 0.29) is 41.9 Å². The molecule has 0 bridgehead atoms. The Hall–Kier alpha value is -0.465. The lowest BCUT2D eigenvalue weighted by Gasteiger charge is -2.22. The molecule has 1 heterocycles. The van der Waals surface area contributed by atoms with Gasteiger partial charge in [0.15, 0.2) is 17.9 Å². The van der Waals surface area contributed by atoms with Crippen molar-refractivity contribution in [3.63, 3.8) is 0 Å². The number of Topliss-reactive ketones (excluding diaryl/α,β-unsaturated/α-hetero) is 1. The van der Waals surface area contributed by atoms with Gasteiger partial charge in [-0.05, 0) is 33.0 Å². The number of hydrogen-bond acceptors (Lipinski definition) is 5. The zero-order valence-corrected chi connectivity index (χ0v) is 13.9. The first-order valence-corrected chi connectivity index (χ1v) is 8.03. The fourth-order valence-corrected chi connectivity index (χ4v) is 3.63. The van der Waals surface area contributed by atoms with Gasteiger partial charge in [0.05, 0.1) is 20.0 Å². The van der Waals surface area contributed by atoms with Crippen molar-refractivity contribution in [1.82, 2.24) is 5.32 Å². The van der Waals surface area contributed by atoms with E-state index in [4.69, 9.17) is 12.6 Å². The van der Waals surface area contributed by atoms with Crippen LogP contribution in [0, 0.1) is 0 Å². The molecule has 0 aromatic heterocycles. The van der Waals surface area contributed by atoms with Crippen LogP contribution in [0.5, 0.6) is 0 Å². The van der Waals surface area contributed by atoms with Gasteiger partial charge in [-0.25, -0.2) is 0 Å². The molecule has 2 fully saturated rings. The molecule has 0 amide bonds. The first-order valence-electron chi connectivity index (χ1n) is 8.03. The SMILES string of the molecule is [B]CC(=O)C1C(C(C)NC2(CC)CC2O)[NH+]1CC(C)(O)OC. The van der Waals surface area contributed by atoms with Gasteiger partial charge >= 0.3 is 0 Å². The van der Waals surface area contributed by atoms with Crippen molar-refractivity contribution in [2.24, 2.45) is 0 Å². The lowest BCUT2D eigenvalue weighted by Crippen LogP contribution is -3.00. The number of ketones is 1. The molecule has 0 aromatic rings. The van der Waals surface area contributed by atoms with Gasteiger partial charge in [0, 0.05) is 12.6 Å². The summed E-state index contributed by atoms with van der Waals surface area (Å²) in [7, 11) is 6.96. The highest BCUT2D eigenvalue weighted by molar-refractivity contribution is 6.21. The highest BCUT2D eigenvalue weighted by Gasteiger charge is 2.64. The Kier molecular flexibility index (Phi) is 5.04. The van der Waals surface area contributed by atoms with Crippen molar-refractivity contribution in [3.05, 3.63) is 0 Å². The smallest absolute Gasteiger partial charge is 0.213 e. The van der Waals surface area contributed by atoms with Crippen LogP contribution < -0.4 is 10.2 Å². The molecular weight excluding hydrogens is 283 g/mol. The Morgan fingerprint density at radius 2 is 2.23 bits per heavy atom. The van der Waals surface area contributed by atoms with E-state index in [0.717, 1.165) is 17.7 Å². The second-order valence-electron chi connectivity index (χ2n) is 6.97. The molecular formula is C15H28BN2O4+. The van der Waals surface area contributed by atoms with Crippen LogP contribution in [-0.2, 0) is 9.53 Å². The molecule has 0 aromatic carbocycles. The number of nitrogens with one attached hydrogen (secondary N) is 2. The summed E-state index contributed by atoms with van der Waals surface area (Å²) in [6.45, 7) is 6.00. The number of carbonyl (C=O) groups excluding carboxylic acids is 1. The minimum absolute atomic E-state index is 0.00227. The van der Waals surface area contributed by atoms with Crippen LogP contribution >= 0.6 is 0 Å². The molecule has 2 rings (SSSR count). The van der Waals surface area contributed by atoms with E-state index < -0.39 is 5.79 Å². The van der Waals surface area contributed by atoms with Crippen molar-refractivity contribution in [3.8, 4) is 0 Å². The van der Waals surface area contributed by atoms with Gasteiger partial charge in [-0.1, -0.05) is 6.92 Å². The second kappa shape index (κ2) is 6.21. The molecule has 4 N–H and O–H groups in total. The zero-order valence-electron chi connectivity index (χ0n) is 13.9. The zero-order chi connectivity index (χ0) is 16.7. The Bertz CT molecular complexity index is 430. The van der Waals surface area contributed by atoms with E-state index in [1.54, 1.807) is 6.92 Å². The Morgan fingerprint density at radius 3 is 2.64 bits per heavy atom. The minimum Gasteiger partial charge on any atom is -0.391 e. The van der Waals surface area contributed by atoms with Crippen LogP contribution in [0.1, 0.15) is 33.6 Å². The topological polar surface area (TPSA) is 83.2 Å². The molecule has 1 saturated heterocycles. The standard InChI is InChI=1S/C15H27BN2O4/c1-5-15(6-11(15)20)17-9(2)12-13(10(19)7-16)18(12)8-14(3,21)22-4/h9,11-13,17,20-21H,5-8H2,1-4H3/p+1. The van der Waals surface area contributed by atoms with Crippen LogP contribution in [0.15, 0.2) is 0 Å². The van der Waals surface area contributed by atoms with Crippen LogP contribution in [0.2, 0.25) is 6.32 Å². The minimum atomic E-state index is -1.27. The third kappa shape index (κ3) is 3.38. The molecule has 2 radical (unpaired) electrons. The van der Waals surface area contributed by atoms with Gasteiger partial charge in [-0.2, -0.15) is 0 Å². The molecule has 7 heteroatoms. The van der Waals surface area contributed by atoms with Gasteiger partial charge in [0.25, 0.3) is 0 Å². The molecule has 7 atom stereocenters. The van der Waals surface area contributed by atoms with Crippen molar-refractivity contribution < 1.29 is 24.6 Å². The maximum absolute atomic E-state index is 12.0. The summed E-state index contributed by atoms with van der Waals surface area (Å²) < 4.78 is 5.06. The van der Waals surface area contributed by atoms with Crippen molar-refractivity contribution in [2.75, 3.05) is 13.7 Å². The largest absolute Gasteiger partial charge is 0.391 e. The second-order valence-corrected chi connectivity index (χ2v) is 6.97. The molecule has 1 aliphatic carbocycles. The normalized spacial score (nSPS) is 40.8. The number of carbonyl (C=O) groups is 1. The predicted molar refractivity (Wildman–Crippen MR) is 82.9 cm³/mol. The Labute approximate surface area is 133 Å². The molecule has 2 aliphatic rings. The summed E-state index contributed by atoms with van der Waals surface area (Å²) in [6, 6.07) is -0.104. The molecule has 1 saturated carbocycles. The van der Waals surface area contributed by atoms with Crippen LogP contribution in [0.3, 0.4) is 0 Å². The van der Waals surface area contributed by atoms with E-state index in [1.165, 1.54) is 7.11 Å². The maximum Gasteiger partial charge on any atom is 0.213 e. The van der Waals surface area contributed by atoms with Crippen LogP contribution in [0.25, 0.3) is 0 Å². The quantitative estimate of drug-likeness (QED) is 0.225. The predicted octanol–water partition coefficient (Wildman–Crippen LogP) is -1.98. The van der Waals surface area contributed by atoms with Gasteiger partial charge in [0.2, 0.25) is 5.79 Å². The average Bonchev–Trinajstić information content (AvgIpc) is 3.34. The summed E-state index contributed by atoms with van der Waals surface area (Å²) in [5, 5.41) is 23.4. The first kappa shape index (κ1) is 17.9. The molecule has 0 spiro atoms. The lowest BCUT2D eigenvalue weighted by molar-refractivity contribution is -0.798. The molecule has 7 unspecified atom stereocenters. The number of quaternary nitrogens is 1. The highest BCUT2D eigenvalue weighted by atomic mass is 16.6.